The Morgan fingerprint density at radius 1 is 1.17 bits per heavy atom. The fourth-order valence-corrected chi connectivity index (χ4v) is 2.43. The Hall–Kier alpha value is -1.07. The fraction of sp³-hybridized carbons (Fsp3) is 0.611. The number of ether oxygens (including phenoxy) is 1. The molecule has 0 fully saturated rings. The number of halogens is 1. The summed E-state index contributed by atoms with van der Waals surface area (Å²) >= 11 is 3.45. The summed E-state index contributed by atoms with van der Waals surface area (Å²) in [5, 5.41) is 6.44. The predicted octanol–water partition coefficient (Wildman–Crippen LogP) is 4.65. The summed E-state index contributed by atoms with van der Waals surface area (Å²) in [6.45, 7) is 12.5. The number of rotatable bonds is 6. The summed E-state index contributed by atoms with van der Waals surface area (Å²) in [5.74, 6) is 0.392. The van der Waals surface area contributed by atoms with Crippen molar-refractivity contribution in [2.24, 2.45) is 5.92 Å². The summed E-state index contributed by atoms with van der Waals surface area (Å²) in [5.41, 5.74) is 0.742. The number of nitrogens with one attached hydrogen (secondary N) is 2. The quantitative estimate of drug-likeness (QED) is 0.750. The van der Waals surface area contributed by atoms with Crippen LogP contribution in [0.3, 0.4) is 0 Å². The standard InChI is InChI=1S/C18H29BrN2O2/c1-12(2)16(11-20-17(22)23-18(4,5)6)21-13(3)14-7-9-15(19)10-8-14/h7-10,12-13,16,21H,11H2,1-6H3,(H,20,22). The van der Waals surface area contributed by atoms with E-state index in [1.165, 1.54) is 5.56 Å². The van der Waals surface area contributed by atoms with Crippen molar-refractivity contribution < 1.29 is 9.53 Å². The van der Waals surface area contributed by atoms with Gasteiger partial charge in [0.2, 0.25) is 0 Å². The van der Waals surface area contributed by atoms with Gasteiger partial charge in [-0.3, -0.25) is 0 Å². The van der Waals surface area contributed by atoms with Crippen LogP contribution >= 0.6 is 15.9 Å². The third-order valence-corrected chi connectivity index (χ3v) is 4.03. The third kappa shape index (κ3) is 7.84. The van der Waals surface area contributed by atoms with Crippen LogP contribution in [0.25, 0.3) is 0 Å². The van der Waals surface area contributed by atoms with Gasteiger partial charge in [0.05, 0.1) is 0 Å². The maximum Gasteiger partial charge on any atom is 0.407 e. The second kappa shape index (κ2) is 8.69. The monoisotopic (exact) mass is 384 g/mol. The van der Waals surface area contributed by atoms with Gasteiger partial charge in [-0.05, 0) is 51.3 Å². The fourth-order valence-electron chi connectivity index (χ4n) is 2.16. The average Bonchev–Trinajstić information content (AvgIpc) is 2.41. The second-order valence-corrected chi connectivity index (χ2v) is 8.09. The molecular formula is C18H29BrN2O2. The van der Waals surface area contributed by atoms with Crippen molar-refractivity contribution in [1.29, 1.82) is 0 Å². The van der Waals surface area contributed by atoms with Crippen LogP contribution in [0.2, 0.25) is 0 Å². The van der Waals surface area contributed by atoms with Gasteiger partial charge < -0.3 is 15.4 Å². The molecule has 2 N–H and O–H groups in total. The van der Waals surface area contributed by atoms with Gasteiger partial charge >= 0.3 is 6.09 Å². The number of amides is 1. The molecule has 4 nitrogen and oxygen atoms in total. The van der Waals surface area contributed by atoms with Crippen LogP contribution in [0.5, 0.6) is 0 Å². The van der Waals surface area contributed by atoms with Gasteiger partial charge in [0.15, 0.2) is 0 Å². The minimum atomic E-state index is -0.477. The van der Waals surface area contributed by atoms with E-state index in [0.717, 1.165) is 4.47 Å². The normalized spacial score (nSPS) is 14.4. The number of alkyl carbamates (subject to hydrolysis) is 1. The smallest absolute Gasteiger partial charge is 0.407 e. The number of carbonyl (C=O) groups is 1. The molecule has 23 heavy (non-hydrogen) atoms. The highest BCUT2D eigenvalue weighted by Crippen LogP contribution is 2.18. The van der Waals surface area contributed by atoms with Crippen molar-refractivity contribution in [3.8, 4) is 0 Å². The van der Waals surface area contributed by atoms with E-state index in [9.17, 15) is 4.79 Å². The Morgan fingerprint density at radius 3 is 2.22 bits per heavy atom. The summed E-state index contributed by atoms with van der Waals surface area (Å²) in [6, 6.07) is 8.64. The molecule has 0 radical (unpaired) electrons. The van der Waals surface area contributed by atoms with Gasteiger partial charge in [-0.2, -0.15) is 0 Å². The number of benzene rings is 1. The third-order valence-electron chi connectivity index (χ3n) is 3.50. The minimum Gasteiger partial charge on any atom is -0.444 e. The first-order chi connectivity index (χ1) is 10.6. The SMILES string of the molecule is CC(NC(CNC(=O)OC(C)(C)C)C(C)C)c1ccc(Br)cc1. The van der Waals surface area contributed by atoms with Crippen LogP contribution in [-0.4, -0.2) is 24.3 Å². The molecule has 5 heteroatoms. The van der Waals surface area contributed by atoms with Crippen molar-refractivity contribution in [3.05, 3.63) is 34.3 Å². The lowest BCUT2D eigenvalue weighted by Crippen LogP contribution is -2.46. The van der Waals surface area contributed by atoms with Crippen molar-refractivity contribution in [2.75, 3.05) is 6.54 Å². The molecule has 1 aromatic carbocycles. The topological polar surface area (TPSA) is 50.4 Å². The van der Waals surface area contributed by atoms with Gasteiger partial charge in [0, 0.05) is 23.1 Å². The van der Waals surface area contributed by atoms with E-state index in [0.29, 0.717) is 12.5 Å². The molecule has 0 spiro atoms. The van der Waals surface area contributed by atoms with Gasteiger partial charge in [-0.25, -0.2) is 4.79 Å². The highest BCUT2D eigenvalue weighted by Gasteiger charge is 2.20. The molecule has 0 saturated carbocycles. The van der Waals surface area contributed by atoms with E-state index >= 15 is 0 Å². The number of carbonyl (C=O) groups excluding carboxylic acids is 1. The zero-order valence-electron chi connectivity index (χ0n) is 14.9. The lowest BCUT2D eigenvalue weighted by Gasteiger charge is -2.28. The van der Waals surface area contributed by atoms with E-state index in [-0.39, 0.29) is 18.2 Å². The molecule has 0 heterocycles. The average molecular weight is 385 g/mol. The van der Waals surface area contributed by atoms with Gasteiger partial charge in [0.1, 0.15) is 5.60 Å². The Balaban J connectivity index is 2.58. The van der Waals surface area contributed by atoms with Gasteiger partial charge in [0.25, 0.3) is 0 Å². The van der Waals surface area contributed by atoms with Crippen LogP contribution in [0.4, 0.5) is 4.79 Å². The first kappa shape index (κ1) is 20.0. The van der Waals surface area contributed by atoms with Crippen LogP contribution < -0.4 is 10.6 Å². The zero-order valence-corrected chi connectivity index (χ0v) is 16.5. The van der Waals surface area contributed by atoms with Crippen LogP contribution in [0.15, 0.2) is 28.7 Å². The predicted molar refractivity (Wildman–Crippen MR) is 98.6 cm³/mol. The molecule has 1 rings (SSSR count). The summed E-state index contributed by atoms with van der Waals surface area (Å²) in [6.07, 6.45) is -0.374. The molecule has 0 aliphatic rings. The maximum atomic E-state index is 11.8. The molecular weight excluding hydrogens is 356 g/mol. The molecule has 2 unspecified atom stereocenters. The van der Waals surface area contributed by atoms with E-state index in [1.807, 2.05) is 32.9 Å². The molecule has 0 aliphatic carbocycles. The summed E-state index contributed by atoms with van der Waals surface area (Å²) < 4.78 is 6.36. The maximum absolute atomic E-state index is 11.8. The molecule has 0 aromatic heterocycles. The molecule has 0 saturated heterocycles. The Morgan fingerprint density at radius 2 is 1.74 bits per heavy atom. The van der Waals surface area contributed by atoms with Crippen molar-refractivity contribution in [1.82, 2.24) is 10.6 Å². The second-order valence-electron chi connectivity index (χ2n) is 7.17. The van der Waals surface area contributed by atoms with E-state index in [2.05, 4.69) is 59.5 Å². The first-order valence-corrected chi connectivity index (χ1v) is 8.86. The van der Waals surface area contributed by atoms with Crippen molar-refractivity contribution in [3.63, 3.8) is 0 Å². The van der Waals surface area contributed by atoms with E-state index in [4.69, 9.17) is 4.74 Å². The Bertz CT molecular complexity index is 495. The molecule has 1 aromatic rings. The van der Waals surface area contributed by atoms with Gasteiger partial charge in [-0.15, -0.1) is 0 Å². The molecule has 2 atom stereocenters. The van der Waals surface area contributed by atoms with E-state index in [1.54, 1.807) is 0 Å². The number of hydrogen-bond donors (Lipinski definition) is 2. The van der Waals surface area contributed by atoms with Crippen LogP contribution in [0.1, 0.15) is 53.1 Å². The minimum absolute atomic E-state index is 0.168. The van der Waals surface area contributed by atoms with Crippen molar-refractivity contribution >= 4 is 22.0 Å². The van der Waals surface area contributed by atoms with Crippen LogP contribution in [-0.2, 0) is 4.74 Å². The highest BCUT2D eigenvalue weighted by atomic mass is 79.9. The molecule has 0 aliphatic heterocycles. The lowest BCUT2D eigenvalue weighted by molar-refractivity contribution is 0.0518. The summed E-state index contributed by atoms with van der Waals surface area (Å²) in [7, 11) is 0. The number of hydrogen-bond acceptors (Lipinski definition) is 3. The van der Waals surface area contributed by atoms with Crippen molar-refractivity contribution in [2.45, 2.75) is 59.2 Å². The molecule has 1 amide bonds. The van der Waals surface area contributed by atoms with Crippen LogP contribution in [0, 0.1) is 5.92 Å². The Kier molecular flexibility index (Phi) is 7.55. The summed E-state index contributed by atoms with van der Waals surface area (Å²) in [4.78, 5) is 11.8. The largest absolute Gasteiger partial charge is 0.444 e. The van der Waals surface area contributed by atoms with E-state index < -0.39 is 5.60 Å². The Labute approximate surface area is 148 Å². The first-order valence-electron chi connectivity index (χ1n) is 8.07. The molecule has 130 valence electrons. The molecule has 0 bridgehead atoms. The van der Waals surface area contributed by atoms with Gasteiger partial charge in [-0.1, -0.05) is 41.9 Å². The highest BCUT2D eigenvalue weighted by molar-refractivity contribution is 9.10. The lowest BCUT2D eigenvalue weighted by atomic mass is 10.0. The zero-order chi connectivity index (χ0) is 17.6.